The van der Waals surface area contributed by atoms with Crippen LogP contribution in [0.5, 0.6) is 0 Å². The van der Waals surface area contributed by atoms with Gasteiger partial charge in [0, 0.05) is 54.3 Å². The minimum absolute atomic E-state index is 0.568. The van der Waals surface area contributed by atoms with Gasteiger partial charge in [-0.1, -0.05) is 181 Å². The van der Waals surface area contributed by atoms with Gasteiger partial charge in [0.1, 0.15) is 0 Å². The highest BCUT2D eigenvalue weighted by Crippen LogP contribution is 2.65. The van der Waals surface area contributed by atoms with Crippen LogP contribution in [0, 0.1) is 27.7 Å². The molecule has 1 heterocycles. The number of aryl methyl sites for hydroxylation is 4. The van der Waals surface area contributed by atoms with Crippen LogP contribution in [0.4, 0.5) is 34.1 Å². The van der Waals surface area contributed by atoms with E-state index >= 15 is 0 Å². The normalized spacial score (nSPS) is 12.7. The first-order valence-electron chi connectivity index (χ1n) is 25.7. The van der Waals surface area contributed by atoms with Crippen molar-refractivity contribution in [1.29, 1.82) is 0 Å². The molecule has 352 valence electrons. The van der Waals surface area contributed by atoms with Crippen LogP contribution in [-0.2, 0) is 5.41 Å². The van der Waals surface area contributed by atoms with Gasteiger partial charge >= 0.3 is 0 Å². The van der Waals surface area contributed by atoms with Crippen LogP contribution in [0.1, 0.15) is 44.5 Å². The maximum Gasteiger partial charge on any atom is 0.0740 e. The Hall–Kier alpha value is -8.76. The number of nitrogens with zero attached hydrogens (tertiary/aromatic N) is 2. The molecule has 0 fully saturated rings. The molecule has 12 aromatic rings. The topological polar surface area (TPSA) is 6.48 Å². The summed E-state index contributed by atoms with van der Waals surface area (Å²) in [6.07, 6.45) is 0. The molecule has 2 nitrogen and oxygen atoms in total. The van der Waals surface area contributed by atoms with Crippen molar-refractivity contribution in [2.24, 2.45) is 0 Å². The number of fused-ring (bicyclic) bond motifs is 14. The van der Waals surface area contributed by atoms with E-state index in [1.807, 2.05) is 11.3 Å². The maximum atomic E-state index is 2.53. The number of hydrogen-bond donors (Lipinski definition) is 0. The van der Waals surface area contributed by atoms with E-state index in [1.54, 1.807) is 0 Å². The Morgan fingerprint density at radius 1 is 0.297 bits per heavy atom. The van der Waals surface area contributed by atoms with Crippen LogP contribution >= 0.6 is 11.3 Å². The molecule has 0 radical (unpaired) electrons. The molecule has 0 aliphatic heterocycles. The van der Waals surface area contributed by atoms with E-state index < -0.39 is 5.41 Å². The number of benzene rings is 11. The lowest BCUT2D eigenvalue weighted by Crippen LogP contribution is -2.26. The van der Waals surface area contributed by atoms with Gasteiger partial charge in [0.25, 0.3) is 0 Å². The van der Waals surface area contributed by atoms with Crippen LogP contribution in [0.15, 0.2) is 243 Å². The van der Waals surface area contributed by atoms with Gasteiger partial charge in [0.05, 0.1) is 5.41 Å². The molecular weight excluding hydrogens is 913 g/mol. The molecule has 0 bridgehead atoms. The molecule has 14 rings (SSSR count). The molecule has 0 saturated carbocycles. The Morgan fingerprint density at radius 3 is 1.30 bits per heavy atom. The molecule has 0 saturated heterocycles. The summed E-state index contributed by atoms with van der Waals surface area (Å²) in [5.41, 5.74) is 26.5. The van der Waals surface area contributed by atoms with Gasteiger partial charge in [-0.3, -0.25) is 0 Å². The van der Waals surface area contributed by atoms with Crippen molar-refractivity contribution in [3.05, 3.63) is 287 Å². The highest BCUT2D eigenvalue weighted by atomic mass is 32.1. The van der Waals surface area contributed by atoms with E-state index in [0.717, 1.165) is 34.1 Å². The average molecular weight is 965 g/mol. The fourth-order valence-electron chi connectivity index (χ4n) is 12.4. The van der Waals surface area contributed by atoms with Crippen molar-refractivity contribution in [2.75, 3.05) is 9.80 Å². The van der Waals surface area contributed by atoms with Gasteiger partial charge in [0.15, 0.2) is 0 Å². The van der Waals surface area contributed by atoms with Gasteiger partial charge in [-0.15, -0.1) is 11.3 Å². The first-order valence-corrected chi connectivity index (χ1v) is 26.5. The smallest absolute Gasteiger partial charge is 0.0740 e. The number of hydrogen-bond acceptors (Lipinski definition) is 3. The van der Waals surface area contributed by atoms with Crippen LogP contribution < -0.4 is 9.80 Å². The quantitative estimate of drug-likeness (QED) is 0.150. The van der Waals surface area contributed by atoms with Crippen LogP contribution in [0.2, 0.25) is 0 Å². The van der Waals surface area contributed by atoms with Crippen molar-refractivity contribution in [1.82, 2.24) is 0 Å². The number of rotatable bonds is 8. The average Bonchev–Trinajstić information content (AvgIpc) is 4.09. The van der Waals surface area contributed by atoms with Crippen LogP contribution in [0.3, 0.4) is 0 Å². The van der Waals surface area contributed by atoms with Gasteiger partial charge in [-0.25, -0.2) is 0 Å². The first-order chi connectivity index (χ1) is 36.3. The summed E-state index contributed by atoms with van der Waals surface area (Å²) in [5.74, 6) is 0. The lowest BCUT2D eigenvalue weighted by Gasteiger charge is -2.32. The zero-order valence-electron chi connectivity index (χ0n) is 41.9. The van der Waals surface area contributed by atoms with Crippen molar-refractivity contribution >= 4 is 65.6 Å². The lowest BCUT2D eigenvalue weighted by atomic mass is 9.70. The van der Waals surface area contributed by atoms with Gasteiger partial charge in [-0.2, -0.15) is 0 Å². The maximum absolute atomic E-state index is 2.53. The summed E-state index contributed by atoms with van der Waals surface area (Å²) in [5, 5.41) is 2.57. The van der Waals surface area contributed by atoms with E-state index in [4.69, 9.17) is 0 Å². The third-order valence-electron chi connectivity index (χ3n) is 15.6. The summed E-state index contributed by atoms with van der Waals surface area (Å²) in [6, 6.07) is 91.1. The van der Waals surface area contributed by atoms with Crippen molar-refractivity contribution in [3.63, 3.8) is 0 Å². The summed E-state index contributed by atoms with van der Waals surface area (Å²) >= 11 is 1.94. The Labute approximate surface area is 437 Å². The fraction of sp³-hybridized carbons (Fsp3) is 0.0704. The SMILES string of the molecule is Cc1ccc(N(c2cc(C)cc(-c3ccccc3)c2)c2ccc3c(c2)C2(c4ccccc4-c4ccccc42)c2c-3ccc3c2sc2cc(N(c4ccc(C)cc4)c4cc(C)cc(-c5ccccc5)c4)ccc23)cc1. The largest absolute Gasteiger partial charge is 0.310 e. The van der Waals surface area contributed by atoms with Crippen molar-refractivity contribution < 1.29 is 0 Å². The van der Waals surface area contributed by atoms with E-state index in [-0.39, 0.29) is 0 Å². The molecule has 1 aromatic heterocycles. The molecule has 0 N–H and O–H groups in total. The summed E-state index contributed by atoms with van der Waals surface area (Å²) < 4.78 is 2.61. The second-order valence-electron chi connectivity index (χ2n) is 20.4. The van der Waals surface area contributed by atoms with Crippen molar-refractivity contribution in [3.8, 4) is 44.5 Å². The Morgan fingerprint density at radius 2 is 0.743 bits per heavy atom. The lowest BCUT2D eigenvalue weighted by molar-refractivity contribution is 0.802. The molecule has 3 heteroatoms. The monoisotopic (exact) mass is 964 g/mol. The predicted molar refractivity (Wildman–Crippen MR) is 315 cm³/mol. The minimum Gasteiger partial charge on any atom is -0.310 e. The molecule has 1 spiro atoms. The fourth-order valence-corrected chi connectivity index (χ4v) is 13.7. The van der Waals surface area contributed by atoms with E-state index in [0.29, 0.717) is 0 Å². The first kappa shape index (κ1) is 44.0. The summed E-state index contributed by atoms with van der Waals surface area (Å²) in [7, 11) is 0. The Balaban J connectivity index is 0.995. The van der Waals surface area contributed by atoms with Crippen LogP contribution in [-0.4, -0.2) is 0 Å². The molecular formula is C71H52N2S. The van der Waals surface area contributed by atoms with E-state index in [9.17, 15) is 0 Å². The molecule has 74 heavy (non-hydrogen) atoms. The van der Waals surface area contributed by atoms with E-state index in [2.05, 4.69) is 280 Å². The highest BCUT2D eigenvalue weighted by molar-refractivity contribution is 7.26. The number of thiophene rings is 1. The predicted octanol–water partition coefficient (Wildman–Crippen LogP) is 19.9. The summed E-state index contributed by atoms with van der Waals surface area (Å²) in [4.78, 5) is 4.91. The molecule has 2 aliphatic rings. The zero-order valence-corrected chi connectivity index (χ0v) is 42.7. The molecule has 0 atom stereocenters. The van der Waals surface area contributed by atoms with Gasteiger partial charge in [0.2, 0.25) is 0 Å². The third-order valence-corrected chi connectivity index (χ3v) is 16.8. The molecule has 0 unspecified atom stereocenters. The second kappa shape index (κ2) is 17.2. The van der Waals surface area contributed by atoms with Gasteiger partial charge < -0.3 is 9.80 Å². The van der Waals surface area contributed by atoms with E-state index in [1.165, 1.54) is 109 Å². The minimum atomic E-state index is -0.568. The van der Waals surface area contributed by atoms with Crippen LogP contribution in [0.25, 0.3) is 64.7 Å². The second-order valence-corrected chi connectivity index (χ2v) is 21.5. The summed E-state index contributed by atoms with van der Waals surface area (Å²) in [6.45, 7) is 8.75. The third kappa shape index (κ3) is 6.91. The molecule has 2 aliphatic carbocycles. The standard InChI is InChI=1S/C71H52N2S/c1-45-23-27-53(28-24-45)72(57-39-47(3)37-51(41-57)49-15-7-5-8-16-49)55-31-33-61-63-35-36-64-62-34-32-56(73(54-29-25-46(2)26-30-54)58-40-48(4)38-52(42-58)50-17-9-6-10-18-50)44-68(62)74-70(64)69(63)71(67(61)43-55)65-21-13-11-19-59(65)60-20-12-14-22-66(60)71/h5-44H,1-4H3. The Bertz CT molecular complexity index is 4120. The molecule has 0 amide bonds. The van der Waals surface area contributed by atoms with Gasteiger partial charge in [-0.05, 0) is 178 Å². The van der Waals surface area contributed by atoms with Crippen molar-refractivity contribution in [2.45, 2.75) is 33.1 Å². The highest BCUT2D eigenvalue weighted by Gasteiger charge is 2.53. The number of anilines is 6. The molecule has 11 aromatic carbocycles. The zero-order chi connectivity index (χ0) is 49.7. The Kier molecular flexibility index (Phi) is 10.2.